The first-order valence-electron chi connectivity index (χ1n) is 12.7. The highest BCUT2D eigenvalue weighted by atomic mass is 35.5. The van der Waals surface area contributed by atoms with Crippen LogP contribution < -0.4 is 16.0 Å². The van der Waals surface area contributed by atoms with E-state index >= 15 is 0 Å². The van der Waals surface area contributed by atoms with Crippen LogP contribution in [-0.2, 0) is 28.0 Å². The molecule has 0 spiro atoms. The minimum atomic E-state index is -0.464. The van der Waals surface area contributed by atoms with Crippen molar-refractivity contribution in [2.75, 3.05) is 11.9 Å². The highest BCUT2D eigenvalue weighted by Crippen LogP contribution is 2.27. The molecule has 1 aromatic heterocycles. The van der Waals surface area contributed by atoms with E-state index in [1.807, 2.05) is 46.1 Å². The minimum absolute atomic E-state index is 0.0181. The molecule has 0 aliphatic heterocycles. The molecule has 9 heteroatoms. The number of hydrogen-bond acceptors (Lipinski definition) is 4. The van der Waals surface area contributed by atoms with Crippen LogP contribution in [0.5, 0.6) is 0 Å². The molecule has 198 valence electrons. The van der Waals surface area contributed by atoms with Gasteiger partial charge in [0.05, 0.1) is 22.9 Å². The topological polar surface area (TPSA) is 88.0 Å². The fourth-order valence-corrected chi connectivity index (χ4v) is 4.53. The van der Waals surface area contributed by atoms with E-state index in [1.54, 1.807) is 18.6 Å². The predicted octanol–water partition coefficient (Wildman–Crippen LogP) is 4.83. The molecule has 2 atom stereocenters. The largest absolute Gasteiger partial charge is 0.353 e. The molecule has 2 amide bonds. The number of imidazole rings is 1. The van der Waals surface area contributed by atoms with E-state index in [2.05, 4.69) is 20.9 Å². The van der Waals surface area contributed by atoms with Crippen LogP contribution in [0, 0.1) is 11.2 Å². The molecule has 1 unspecified atom stereocenters. The van der Waals surface area contributed by atoms with E-state index in [-0.39, 0.29) is 34.7 Å². The van der Waals surface area contributed by atoms with Crippen LogP contribution in [0.4, 0.5) is 10.2 Å². The van der Waals surface area contributed by atoms with Gasteiger partial charge in [0.1, 0.15) is 5.82 Å². The Morgan fingerprint density at radius 2 is 1.94 bits per heavy atom. The van der Waals surface area contributed by atoms with E-state index in [4.69, 9.17) is 11.6 Å². The molecule has 0 saturated carbocycles. The van der Waals surface area contributed by atoms with Crippen LogP contribution in [0.15, 0.2) is 24.7 Å². The maximum Gasteiger partial charge on any atom is 0.242 e. The first-order valence-corrected chi connectivity index (χ1v) is 13.0. The summed E-state index contributed by atoms with van der Waals surface area (Å²) < 4.78 is 15.7. The third-order valence-corrected chi connectivity index (χ3v) is 6.99. The number of hydrogen-bond donors (Lipinski definition) is 3. The Bertz CT molecular complexity index is 1090. The van der Waals surface area contributed by atoms with E-state index < -0.39 is 11.0 Å². The van der Waals surface area contributed by atoms with Gasteiger partial charge in [-0.3, -0.25) is 9.59 Å². The van der Waals surface area contributed by atoms with Gasteiger partial charge in [0.15, 0.2) is 5.82 Å². The number of nitrogens with one attached hydrogen (secondary N) is 3. The molecule has 36 heavy (non-hydrogen) atoms. The second kappa shape index (κ2) is 11.3. The number of carbonyl (C=O) groups excluding carboxylic acids is 2. The van der Waals surface area contributed by atoms with Crippen molar-refractivity contribution < 1.29 is 14.0 Å². The highest BCUT2D eigenvalue weighted by molar-refractivity contribution is 6.30. The lowest BCUT2D eigenvalue weighted by Gasteiger charge is -2.29. The van der Waals surface area contributed by atoms with Crippen molar-refractivity contribution >= 4 is 29.2 Å². The van der Waals surface area contributed by atoms with Gasteiger partial charge >= 0.3 is 0 Å². The molecule has 3 rings (SSSR count). The summed E-state index contributed by atoms with van der Waals surface area (Å²) in [5, 5.41) is 9.57. The van der Waals surface area contributed by atoms with Crippen LogP contribution in [-0.4, -0.2) is 40.0 Å². The lowest BCUT2D eigenvalue weighted by atomic mass is 9.87. The molecule has 1 aromatic carbocycles. The van der Waals surface area contributed by atoms with Crippen molar-refractivity contribution in [3.8, 4) is 0 Å². The summed E-state index contributed by atoms with van der Waals surface area (Å²) in [5.41, 5.74) is 1.13. The number of rotatable bonds is 9. The Labute approximate surface area is 218 Å². The third kappa shape index (κ3) is 7.07. The number of aryl methyl sites for hydroxylation is 1. The number of fused-ring (bicyclic) bond motifs is 1. The Balaban J connectivity index is 1.61. The Morgan fingerprint density at radius 3 is 2.61 bits per heavy atom. The molecule has 1 aliphatic carbocycles. The molecule has 7 nitrogen and oxygen atoms in total. The van der Waals surface area contributed by atoms with E-state index in [0.717, 1.165) is 30.4 Å². The molecule has 0 fully saturated rings. The minimum Gasteiger partial charge on any atom is -0.353 e. The fourth-order valence-electron chi connectivity index (χ4n) is 4.34. The van der Waals surface area contributed by atoms with Gasteiger partial charge in [0.25, 0.3) is 0 Å². The first kappa shape index (κ1) is 28.1. The van der Waals surface area contributed by atoms with Crippen molar-refractivity contribution in [2.45, 2.75) is 91.3 Å². The Kier molecular flexibility index (Phi) is 8.83. The summed E-state index contributed by atoms with van der Waals surface area (Å²) in [6.07, 6.45) is 7.26. The third-order valence-electron chi connectivity index (χ3n) is 6.70. The molecule has 0 bridgehead atoms. The number of aromatic nitrogens is 2. The Hall–Kier alpha value is -2.45. The second-order valence-electron chi connectivity index (χ2n) is 11.4. The van der Waals surface area contributed by atoms with Crippen LogP contribution in [0.25, 0.3) is 0 Å². The van der Waals surface area contributed by atoms with Gasteiger partial charge < -0.3 is 20.5 Å². The lowest BCUT2D eigenvalue weighted by Crippen LogP contribution is -2.47. The first-order chi connectivity index (χ1) is 16.8. The molecule has 1 aliphatic rings. The monoisotopic (exact) mass is 519 g/mol. The normalized spacial score (nSPS) is 16.8. The average molecular weight is 520 g/mol. The maximum atomic E-state index is 13.8. The second-order valence-corrected chi connectivity index (χ2v) is 11.8. The van der Waals surface area contributed by atoms with Gasteiger partial charge in [-0.05, 0) is 62.8 Å². The van der Waals surface area contributed by atoms with Gasteiger partial charge in [0, 0.05) is 24.2 Å². The molecular weight excluding hydrogens is 481 g/mol. The van der Waals surface area contributed by atoms with E-state index in [0.29, 0.717) is 25.2 Å². The van der Waals surface area contributed by atoms with Crippen LogP contribution in [0.1, 0.15) is 71.9 Å². The van der Waals surface area contributed by atoms with Gasteiger partial charge in [-0.1, -0.05) is 45.7 Å². The van der Waals surface area contributed by atoms with Crippen molar-refractivity contribution in [3.05, 3.63) is 46.6 Å². The highest BCUT2D eigenvalue weighted by Gasteiger charge is 2.28. The summed E-state index contributed by atoms with van der Waals surface area (Å²) >= 11 is 5.99. The quantitative estimate of drug-likeness (QED) is 0.443. The number of amides is 2. The standard InChI is InChI=1S/C27H39ClFN5O2/c1-7-8-22(32-19-10-9-17-13-21(29)20(28)12-18(17)11-19)24(35)33-23-14-34(16-31-23)27(5,6)15-30-25(36)26(2,3)4/h12-14,16,19,22,32H,7-11,15H2,1-6H3,(H,30,36)(H,33,35)/t19-,22?/m0/s1. The van der Waals surface area contributed by atoms with Crippen LogP contribution >= 0.6 is 11.6 Å². The number of anilines is 1. The molecule has 0 radical (unpaired) electrons. The number of nitrogens with zero attached hydrogens (tertiary/aromatic N) is 2. The summed E-state index contributed by atoms with van der Waals surface area (Å²) in [5.74, 6) is -0.0713. The molecule has 2 aromatic rings. The molecule has 0 saturated heterocycles. The fraction of sp³-hybridized carbons (Fsp3) is 0.593. The van der Waals surface area contributed by atoms with Crippen LogP contribution in [0.2, 0.25) is 5.02 Å². The van der Waals surface area contributed by atoms with Crippen molar-refractivity contribution in [3.63, 3.8) is 0 Å². The average Bonchev–Trinajstić information content (AvgIpc) is 3.27. The van der Waals surface area contributed by atoms with E-state index in [9.17, 15) is 14.0 Å². The van der Waals surface area contributed by atoms with Crippen molar-refractivity contribution in [1.82, 2.24) is 20.2 Å². The van der Waals surface area contributed by atoms with E-state index in [1.165, 1.54) is 6.07 Å². The van der Waals surface area contributed by atoms with Gasteiger partial charge in [0.2, 0.25) is 11.8 Å². The maximum absolute atomic E-state index is 13.8. The number of halogens is 2. The molecule has 1 heterocycles. The SMILES string of the molecule is CCCC(N[C@H]1CCc2cc(F)c(Cl)cc2C1)C(=O)Nc1cn(C(C)(C)CNC(=O)C(C)(C)C)cn1. The zero-order valence-corrected chi connectivity index (χ0v) is 22.9. The molecule has 3 N–H and O–H groups in total. The summed E-state index contributed by atoms with van der Waals surface area (Å²) in [7, 11) is 0. The summed E-state index contributed by atoms with van der Waals surface area (Å²) in [6, 6.07) is 2.95. The zero-order chi connectivity index (χ0) is 26.7. The summed E-state index contributed by atoms with van der Waals surface area (Å²) in [4.78, 5) is 29.8. The van der Waals surface area contributed by atoms with Crippen molar-refractivity contribution in [1.29, 1.82) is 0 Å². The number of carbonyl (C=O) groups is 2. The van der Waals surface area contributed by atoms with Gasteiger partial charge in [-0.25, -0.2) is 9.37 Å². The smallest absolute Gasteiger partial charge is 0.242 e. The molecular formula is C27H39ClFN5O2. The zero-order valence-electron chi connectivity index (χ0n) is 22.2. The predicted molar refractivity (Wildman–Crippen MR) is 142 cm³/mol. The lowest BCUT2D eigenvalue weighted by molar-refractivity contribution is -0.128. The summed E-state index contributed by atoms with van der Waals surface area (Å²) in [6.45, 7) is 12.1. The van der Waals surface area contributed by atoms with Crippen LogP contribution in [0.3, 0.4) is 0 Å². The number of benzene rings is 1. The van der Waals surface area contributed by atoms with Gasteiger partial charge in [-0.2, -0.15) is 0 Å². The Morgan fingerprint density at radius 1 is 1.22 bits per heavy atom. The van der Waals surface area contributed by atoms with Crippen molar-refractivity contribution in [2.24, 2.45) is 5.41 Å². The van der Waals surface area contributed by atoms with Gasteiger partial charge in [-0.15, -0.1) is 0 Å².